The van der Waals surface area contributed by atoms with Gasteiger partial charge in [-0.15, -0.1) is 0 Å². The van der Waals surface area contributed by atoms with Crippen molar-refractivity contribution in [3.05, 3.63) is 64.7 Å². The van der Waals surface area contributed by atoms with Crippen molar-refractivity contribution in [2.75, 3.05) is 25.3 Å². The molecule has 0 radical (unpaired) electrons. The first kappa shape index (κ1) is 27.2. The van der Waals surface area contributed by atoms with E-state index in [1.165, 1.54) is 43.5 Å². The summed E-state index contributed by atoms with van der Waals surface area (Å²) in [7, 11) is 2.82. The van der Waals surface area contributed by atoms with Crippen molar-refractivity contribution in [1.82, 2.24) is 0 Å². The maximum Gasteiger partial charge on any atom is 0.338 e. The van der Waals surface area contributed by atoms with E-state index in [1.54, 1.807) is 6.07 Å². The minimum atomic E-state index is -0.317. The second-order valence-corrected chi connectivity index (χ2v) is 9.00. The van der Waals surface area contributed by atoms with E-state index in [0.29, 0.717) is 25.0 Å². The van der Waals surface area contributed by atoms with Crippen LogP contribution in [-0.4, -0.2) is 37.2 Å². The number of benzene rings is 2. The molecule has 2 aromatic rings. The molecule has 5 nitrogen and oxygen atoms in total. The summed E-state index contributed by atoms with van der Waals surface area (Å²) in [5.41, 5.74) is 3.91. The van der Waals surface area contributed by atoms with Crippen LogP contribution in [0, 0.1) is 0 Å². The minimum absolute atomic E-state index is 0.211. The third kappa shape index (κ3) is 9.35. The molecule has 0 saturated carbocycles. The highest BCUT2D eigenvalue weighted by Gasteiger charge is 2.13. The summed E-state index contributed by atoms with van der Waals surface area (Å²) in [5.74, 6) is 0.310. The summed E-state index contributed by atoms with van der Waals surface area (Å²) < 4.78 is 17.1. The van der Waals surface area contributed by atoms with Crippen LogP contribution in [0.3, 0.4) is 0 Å². The van der Waals surface area contributed by atoms with E-state index in [-0.39, 0.29) is 11.9 Å². The van der Waals surface area contributed by atoms with Gasteiger partial charge in [-0.1, -0.05) is 65.8 Å². The van der Waals surface area contributed by atoms with Crippen molar-refractivity contribution in [2.45, 2.75) is 57.8 Å². The van der Waals surface area contributed by atoms with Gasteiger partial charge in [-0.3, -0.25) is 4.79 Å². The summed E-state index contributed by atoms with van der Waals surface area (Å²) in [5, 5.41) is 0. The Hall–Kier alpha value is -2.09. The highest BCUT2D eigenvalue weighted by molar-refractivity contribution is 14.1. The SMILES string of the molecule is COC(=O)CCc1c(CCCCCCI)cccc1OCCCc1ccccc1C(=O)OC. The van der Waals surface area contributed by atoms with Crippen molar-refractivity contribution in [3.8, 4) is 5.75 Å². The zero-order chi connectivity index (χ0) is 23.9. The minimum Gasteiger partial charge on any atom is -0.493 e. The smallest absolute Gasteiger partial charge is 0.338 e. The maximum absolute atomic E-state index is 12.0. The maximum atomic E-state index is 12.0. The largest absolute Gasteiger partial charge is 0.493 e. The number of carbonyl (C=O) groups is 2. The molecule has 0 bridgehead atoms. The van der Waals surface area contributed by atoms with Crippen molar-refractivity contribution >= 4 is 34.5 Å². The molecule has 0 atom stereocenters. The van der Waals surface area contributed by atoms with Crippen LogP contribution in [0.2, 0.25) is 0 Å². The molecule has 0 heterocycles. The Morgan fingerprint density at radius 3 is 2.27 bits per heavy atom. The molecule has 180 valence electrons. The average Bonchev–Trinajstić information content (AvgIpc) is 2.85. The summed E-state index contributed by atoms with van der Waals surface area (Å²) in [6.45, 7) is 0.528. The van der Waals surface area contributed by atoms with E-state index >= 15 is 0 Å². The van der Waals surface area contributed by atoms with Gasteiger partial charge in [0.25, 0.3) is 0 Å². The zero-order valence-corrected chi connectivity index (χ0v) is 21.9. The van der Waals surface area contributed by atoms with Gasteiger partial charge in [0.2, 0.25) is 0 Å². The fourth-order valence-electron chi connectivity index (χ4n) is 3.85. The molecular weight excluding hydrogens is 531 g/mol. The Labute approximate surface area is 211 Å². The Bertz CT molecular complexity index is 881. The van der Waals surface area contributed by atoms with Crippen LogP contribution in [0.5, 0.6) is 5.75 Å². The fraction of sp³-hybridized carbons (Fsp3) is 0.481. The van der Waals surface area contributed by atoms with Crippen LogP contribution < -0.4 is 4.74 Å². The van der Waals surface area contributed by atoms with Crippen LogP contribution in [0.15, 0.2) is 42.5 Å². The molecule has 0 saturated heterocycles. The van der Waals surface area contributed by atoms with Gasteiger partial charge in [-0.2, -0.15) is 0 Å². The highest BCUT2D eigenvalue weighted by atomic mass is 127. The fourth-order valence-corrected chi connectivity index (χ4v) is 4.39. The molecule has 6 heteroatoms. The number of carbonyl (C=O) groups excluding carboxylic acids is 2. The second kappa shape index (κ2) is 15.7. The standard InChI is InChI=1S/C27H35IO5/c1-31-26(29)18-17-23-21(11-5-3-4-8-19-28)13-9-16-25(23)33-20-10-14-22-12-6-7-15-24(22)27(30)32-2/h6-7,9,12-13,15-16H,3-5,8,10-11,14,17-20H2,1-2H3. The quantitative estimate of drug-likeness (QED) is 0.112. The number of hydrogen-bond acceptors (Lipinski definition) is 5. The van der Waals surface area contributed by atoms with Gasteiger partial charge in [-0.05, 0) is 71.8 Å². The number of halogens is 1. The molecule has 0 aliphatic heterocycles. The number of aryl methyl sites for hydroxylation is 2. The number of unbranched alkanes of at least 4 members (excludes halogenated alkanes) is 3. The number of ether oxygens (including phenoxy) is 3. The first-order valence-corrected chi connectivity index (χ1v) is 13.2. The average molecular weight is 566 g/mol. The van der Waals surface area contributed by atoms with Crippen LogP contribution in [0.25, 0.3) is 0 Å². The van der Waals surface area contributed by atoms with E-state index in [2.05, 4.69) is 28.7 Å². The van der Waals surface area contributed by atoms with Gasteiger partial charge in [0, 0.05) is 6.42 Å². The molecule has 0 N–H and O–H groups in total. The lowest BCUT2D eigenvalue weighted by Crippen LogP contribution is -2.09. The van der Waals surface area contributed by atoms with Crippen molar-refractivity contribution < 1.29 is 23.8 Å². The van der Waals surface area contributed by atoms with Gasteiger partial charge in [0.1, 0.15) is 5.75 Å². The predicted octanol–water partition coefficient (Wildman–Crippen LogP) is 6.13. The Kier molecular flexibility index (Phi) is 12.9. The van der Waals surface area contributed by atoms with Crippen LogP contribution in [0.4, 0.5) is 0 Å². The monoisotopic (exact) mass is 566 g/mol. The summed E-state index contributed by atoms with van der Waals surface area (Å²) >= 11 is 2.42. The molecule has 2 rings (SSSR count). The molecule has 2 aromatic carbocycles. The molecule has 33 heavy (non-hydrogen) atoms. The lowest BCUT2D eigenvalue weighted by molar-refractivity contribution is -0.140. The first-order chi connectivity index (χ1) is 16.1. The van der Waals surface area contributed by atoms with E-state index < -0.39 is 0 Å². The molecule has 0 amide bonds. The van der Waals surface area contributed by atoms with Crippen LogP contribution in [0.1, 0.15) is 65.6 Å². The van der Waals surface area contributed by atoms with Gasteiger partial charge in [-0.25, -0.2) is 4.79 Å². The van der Waals surface area contributed by atoms with E-state index in [1.807, 2.05) is 30.3 Å². The van der Waals surface area contributed by atoms with Crippen molar-refractivity contribution in [1.29, 1.82) is 0 Å². The van der Waals surface area contributed by atoms with Crippen molar-refractivity contribution in [3.63, 3.8) is 0 Å². The molecule has 0 fully saturated rings. The van der Waals surface area contributed by atoms with Gasteiger partial charge < -0.3 is 14.2 Å². The Morgan fingerprint density at radius 2 is 1.52 bits per heavy atom. The van der Waals surface area contributed by atoms with E-state index in [4.69, 9.17) is 14.2 Å². The number of esters is 2. The molecule has 0 spiro atoms. The zero-order valence-electron chi connectivity index (χ0n) is 19.7. The third-order valence-corrected chi connectivity index (χ3v) is 6.40. The Morgan fingerprint density at radius 1 is 0.788 bits per heavy atom. The lowest BCUT2D eigenvalue weighted by Gasteiger charge is -2.16. The molecule has 0 aliphatic rings. The normalized spacial score (nSPS) is 10.6. The predicted molar refractivity (Wildman–Crippen MR) is 139 cm³/mol. The van der Waals surface area contributed by atoms with E-state index in [0.717, 1.165) is 42.6 Å². The lowest BCUT2D eigenvalue weighted by atomic mass is 9.97. The third-order valence-electron chi connectivity index (χ3n) is 5.64. The summed E-state index contributed by atoms with van der Waals surface area (Å²) in [4.78, 5) is 23.7. The molecular formula is C27H35IO5. The molecule has 0 aromatic heterocycles. The van der Waals surface area contributed by atoms with Crippen LogP contribution >= 0.6 is 22.6 Å². The number of rotatable bonds is 15. The van der Waals surface area contributed by atoms with Crippen molar-refractivity contribution in [2.24, 2.45) is 0 Å². The highest BCUT2D eigenvalue weighted by Crippen LogP contribution is 2.26. The van der Waals surface area contributed by atoms with E-state index in [9.17, 15) is 9.59 Å². The molecule has 0 aliphatic carbocycles. The number of hydrogen-bond donors (Lipinski definition) is 0. The van der Waals surface area contributed by atoms with Crippen LogP contribution in [-0.2, 0) is 33.5 Å². The van der Waals surface area contributed by atoms with Gasteiger partial charge in [0.15, 0.2) is 0 Å². The number of alkyl halides is 1. The number of methoxy groups -OCH3 is 2. The second-order valence-electron chi connectivity index (χ2n) is 7.92. The summed E-state index contributed by atoms with van der Waals surface area (Å²) in [6, 6.07) is 13.7. The topological polar surface area (TPSA) is 61.8 Å². The van der Waals surface area contributed by atoms with Gasteiger partial charge >= 0.3 is 11.9 Å². The summed E-state index contributed by atoms with van der Waals surface area (Å²) in [6.07, 6.45) is 8.29. The first-order valence-electron chi connectivity index (χ1n) is 11.6. The van der Waals surface area contributed by atoms with Gasteiger partial charge in [0.05, 0.1) is 26.4 Å². The molecule has 0 unspecified atom stereocenters. The Balaban J connectivity index is 2.01.